The van der Waals surface area contributed by atoms with Crippen LogP contribution in [-0.4, -0.2) is 11.0 Å². The molecular formula is C28H20ClF2NO2. The molecule has 0 aliphatic heterocycles. The fraction of sp³-hybridized carbons (Fsp3) is 0.0357. The molecule has 0 aromatic heterocycles. The van der Waals surface area contributed by atoms with E-state index >= 15 is 0 Å². The van der Waals surface area contributed by atoms with Crippen LogP contribution in [0.3, 0.4) is 0 Å². The summed E-state index contributed by atoms with van der Waals surface area (Å²) in [6, 6.07) is 21.8. The van der Waals surface area contributed by atoms with Crippen LogP contribution in [0.5, 0.6) is 5.75 Å². The number of phenolic OH excluding ortho intramolecular Hbond substituents is 1. The highest BCUT2D eigenvalue weighted by molar-refractivity contribution is 6.30. The molecule has 0 saturated carbocycles. The van der Waals surface area contributed by atoms with Crippen LogP contribution in [-0.2, 0) is 6.42 Å². The Balaban J connectivity index is 1.68. The molecule has 4 aromatic rings. The van der Waals surface area contributed by atoms with E-state index in [2.05, 4.69) is 5.32 Å². The molecule has 0 radical (unpaired) electrons. The maximum absolute atomic E-state index is 13.5. The van der Waals surface area contributed by atoms with Gasteiger partial charge in [0.15, 0.2) is 0 Å². The zero-order chi connectivity index (χ0) is 24.1. The summed E-state index contributed by atoms with van der Waals surface area (Å²) in [7, 11) is 0. The first-order valence-corrected chi connectivity index (χ1v) is 10.9. The third-order valence-corrected chi connectivity index (χ3v) is 5.52. The topological polar surface area (TPSA) is 49.3 Å². The van der Waals surface area contributed by atoms with Gasteiger partial charge in [0, 0.05) is 10.7 Å². The summed E-state index contributed by atoms with van der Waals surface area (Å²) in [4.78, 5) is 13.2. The molecule has 3 nitrogen and oxygen atoms in total. The van der Waals surface area contributed by atoms with Gasteiger partial charge in [0.05, 0.1) is 5.56 Å². The average molecular weight is 476 g/mol. The lowest BCUT2D eigenvalue weighted by Crippen LogP contribution is -2.14. The smallest absolute Gasteiger partial charge is 0.260 e. The SMILES string of the molecule is O=C(Nc1ccc(Cl)cc1)c1c(-c2ccc(F)cc2)ccc(C/C=C/c2ccc(F)cc2)c1O. The van der Waals surface area contributed by atoms with E-state index in [4.69, 9.17) is 11.6 Å². The molecule has 0 saturated heterocycles. The molecule has 34 heavy (non-hydrogen) atoms. The minimum absolute atomic E-state index is 0.0780. The van der Waals surface area contributed by atoms with Gasteiger partial charge in [-0.2, -0.15) is 0 Å². The van der Waals surface area contributed by atoms with E-state index in [1.165, 1.54) is 24.3 Å². The predicted molar refractivity (Wildman–Crippen MR) is 132 cm³/mol. The third-order valence-electron chi connectivity index (χ3n) is 5.26. The highest BCUT2D eigenvalue weighted by Crippen LogP contribution is 2.34. The fourth-order valence-electron chi connectivity index (χ4n) is 3.52. The predicted octanol–water partition coefficient (Wildman–Crippen LogP) is 7.50. The molecule has 4 rings (SSSR count). The van der Waals surface area contributed by atoms with Crippen LogP contribution in [0.25, 0.3) is 17.2 Å². The van der Waals surface area contributed by atoms with E-state index in [-0.39, 0.29) is 17.1 Å². The van der Waals surface area contributed by atoms with Crippen molar-refractivity contribution in [1.82, 2.24) is 0 Å². The van der Waals surface area contributed by atoms with Crippen molar-refractivity contribution in [3.63, 3.8) is 0 Å². The summed E-state index contributed by atoms with van der Waals surface area (Å²) in [5, 5.41) is 14.4. The monoisotopic (exact) mass is 475 g/mol. The number of amides is 1. The van der Waals surface area contributed by atoms with Crippen molar-refractivity contribution in [2.24, 2.45) is 0 Å². The van der Waals surface area contributed by atoms with E-state index in [9.17, 15) is 18.7 Å². The standard InChI is InChI=1S/C28H20ClF2NO2/c29-21-9-15-24(16-10-21)32-28(34)26-25(19-6-13-23(31)14-7-19)17-8-20(27(26)33)3-1-2-18-4-11-22(30)12-5-18/h1-2,4-17,33H,3H2,(H,32,34)/b2-1+. The maximum Gasteiger partial charge on any atom is 0.260 e. The first-order valence-electron chi connectivity index (χ1n) is 10.5. The van der Waals surface area contributed by atoms with Crippen molar-refractivity contribution in [1.29, 1.82) is 0 Å². The van der Waals surface area contributed by atoms with Gasteiger partial charge in [-0.15, -0.1) is 0 Å². The van der Waals surface area contributed by atoms with Crippen LogP contribution in [0.1, 0.15) is 21.5 Å². The van der Waals surface area contributed by atoms with Crippen LogP contribution >= 0.6 is 11.6 Å². The van der Waals surface area contributed by atoms with Gasteiger partial charge in [0.25, 0.3) is 5.91 Å². The molecule has 0 bridgehead atoms. The van der Waals surface area contributed by atoms with Crippen molar-refractivity contribution in [2.75, 3.05) is 5.32 Å². The van der Waals surface area contributed by atoms with Crippen LogP contribution < -0.4 is 5.32 Å². The zero-order valence-corrected chi connectivity index (χ0v) is 18.7. The Morgan fingerprint density at radius 2 is 1.47 bits per heavy atom. The Bertz CT molecular complexity index is 1330. The van der Waals surface area contributed by atoms with Gasteiger partial charge in [0.1, 0.15) is 17.4 Å². The van der Waals surface area contributed by atoms with Gasteiger partial charge in [-0.25, -0.2) is 8.78 Å². The van der Waals surface area contributed by atoms with Gasteiger partial charge >= 0.3 is 0 Å². The largest absolute Gasteiger partial charge is 0.507 e. The minimum atomic E-state index is -0.511. The van der Waals surface area contributed by atoms with Crippen molar-refractivity contribution >= 4 is 29.3 Å². The number of carbonyl (C=O) groups is 1. The summed E-state index contributed by atoms with van der Waals surface area (Å²) >= 11 is 5.92. The maximum atomic E-state index is 13.5. The van der Waals surface area contributed by atoms with Gasteiger partial charge in [-0.05, 0) is 77.2 Å². The van der Waals surface area contributed by atoms with Crippen molar-refractivity contribution in [2.45, 2.75) is 6.42 Å². The molecule has 2 N–H and O–H groups in total. The highest BCUT2D eigenvalue weighted by atomic mass is 35.5. The average Bonchev–Trinajstić information content (AvgIpc) is 2.83. The molecule has 170 valence electrons. The number of hydrogen-bond donors (Lipinski definition) is 2. The third kappa shape index (κ3) is 5.50. The summed E-state index contributed by atoms with van der Waals surface area (Å²) in [5.41, 5.74) is 2.99. The first kappa shape index (κ1) is 23.2. The fourth-order valence-corrected chi connectivity index (χ4v) is 3.65. The number of halogens is 3. The molecule has 1 amide bonds. The number of rotatable bonds is 6. The van der Waals surface area contributed by atoms with Crippen molar-refractivity contribution in [3.8, 4) is 16.9 Å². The van der Waals surface area contributed by atoms with E-state index < -0.39 is 11.7 Å². The molecule has 0 fully saturated rings. The number of benzene rings is 4. The summed E-state index contributed by atoms with van der Waals surface area (Å²) in [5.74, 6) is -1.40. The molecule has 0 atom stereocenters. The van der Waals surface area contributed by atoms with Crippen molar-refractivity contribution in [3.05, 3.63) is 124 Å². The van der Waals surface area contributed by atoms with E-state index in [1.807, 2.05) is 6.08 Å². The second-order valence-electron chi connectivity index (χ2n) is 7.62. The molecular weight excluding hydrogens is 456 g/mol. The molecule has 6 heteroatoms. The van der Waals surface area contributed by atoms with Gasteiger partial charge in [0.2, 0.25) is 0 Å². The minimum Gasteiger partial charge on any atom is -0.507 e. The molecule has 4 aromatic carbocycles. The highest BCUT2D eigenvalue weighted by Gasteiger charge is 2.20. The summed E-state index contributed by atoms with van der Waals surface area (Å²) < 4.78 is 26.6. The van der Waals surface area contributed by atoms with Gasteiger partial charge < -0.3 is 10.4 Å². The number of anilines is 1. The number of hydrogen-bond acceptors (Lipinski definition) is 2. The summed E-state index contributed by atoms with van der Waals surface area (Å²) in [6.07, 6.45) is 3.97. The number of carbonyl (C=O) groups excluding carboxylic acids is 1. The van der Waals surface area contributed by atoms with Crippen LogP contribution in [0.4, 0.5) is 14.5 Å². The van der Waals surface area contributed by atoms with E-state index in [0.29, 0.717) is 33.8 Å². The molecule has 0 unspecified atom stereocenters. The molecule has 0 aliphatic carbocycles. The first-order chi connectivity index (χ1) is 16.4. The molecule has 0 spiro atoms. The van der Waals surface area contributed by atoms with E-state index in [1.54, 1.807) is 66.7 Å². The van der Waals surface area contributed by atoms with E-state index in [0.717, 1.165) is 5.56 Å². The van der Waals surface area contributed by atoms with Crippen LogP contribution in [0, 0.1) is 11.6 Å². The zero-order valence-electron chi connectivity index (χ0n) is 17.9. The number of aromatic hydroxyl groups is 1. The van der Waals surface area contributed by atoms with Crippen molar-refractivity contribution < 1.29 is 18.7 Å². The van der Waals surface area contributed by atoms with Gasteiger partial charge in [-0.3, -0.25) is 4.79 Å². The Hall–Kier alpha value is -3.96. The Kier molecular flexibility index (Phi) is 7.04. The second kappa shape index (κ2) is 10.3. The van der Waals surface area contributed by atoms with Gasteiger partial charge in [-0.1, -0.05) is 60.2 Å². The number of allylic oxidation sites excluding steroid dienone is 1. The lowest BCUT2D eigenvalue weighted by Gasteiger charge is -2.15. The lowest BCUT2D eigenvalue weighted by molar-refractivity contribution is 0.102. The number of nitrogens with one attached hydrogen (secondary N) is 1. The van der Waals surface area contributed by atoms with Crippen LogP contribution in [0.2, 0.25) is 5.02 Å². The molecule has 0 heterocycles. The Morgan fingerprint density at radius 3 is 2.12 bits per heavy atom. The lowest BCUT2D eigenvalue weighted by atomic mass is 9.94. The van der Waals surface area contributed by atoms with Crippen LogP contribution in [0.15, 0.2) is 91.0 Å². The molecule has 0 aliphatic rings. The summed E-state index contributed by atoms with van der Waals surface area (Å²) in [6.45, 7) is 0. The number of phenols is 1. The Labute approximate surface area is 201 Å². The normalized spacial score (nSPS) is 11.0. The quantitative estimate of drug-likeness (QED) is 0.303. The second-order valence-corrected chi connectivity index (χ2v) is 8.06. The Morgan fingerprint density at radius 1 is 0.853 bits per heavy atom.